The van der Waals surface area contributed by atoms with E-state index in [0.29, 0.717) is 13.0 Å². The van der Waals surface area contributed by atoms with Crippen LogP contribution in [0.4, 0.5) is 5.69 Å². The summed E-state index contributed by atoms with van der Waals surface area (Å²) in [5.41, 5.74) is 4.47. The molecule has 4 nitrogen and oxygen atoms in total. The van der Waals surface area contributed by atoms with Gasteiger partial charge in [0.25, 0.3) is 0 Å². The summed E-state index contributed by atoms with van der Waals surface area (Å²) in [6.07, 6.45) is 19.8. The second-order valence-corrected chi connectivity index (χ2v) is 11.4. The number of hydrogen-bond donors (Lipinski definition) is 0. The quantitative estimate of drug-likeness (QED) is 0.168. The van der Waals surface area contributed by atoms with Crippen molar-refractivity contribution >= 4 is 22.6 Å². The summed E-state index contributed by atoms with van der Waals surface area (Å²) in [6, 6.07) is 16.8. The van der Waals surface area contributed by atoms with Gasteiger partial charge in [0, 0.05) is 31.1 Å². The van der Waals surface area contributed by atoms with E-state index in [1.807, 2.05) is 4.90 Å². The molecule has 1 aliphatic rings. The molecule has 3 aromatic rings. The van der Waals surface area contributed by atoms with Crippen molar-refractivity contribution in [2.24, 2.45) is 0 Å². The standard InChI is InChI=1S/C34H49N3O/c1-3-4-5-6-7-8-9-10-11-12-13-14-15-18-25-36-32-20-17-16-19-31(32)35-34(36)29-26-33(38)37(27-29)30-23-21-28(2)22-24-30/h16-17,19-24,29H,3-15,18,25-27H2,1-2H3. The smallest absolute Gasteiger partial charge is 0.227 e. The molecule has 1 fully saturated rings. The zero-order chi connectivity index (χ0) is 26.6. The van der Waals surface area contributed by atoms with Crippen LogP contribution in [0.5, 0.6) is 0 Å². The maximum absolute atomic E-state index is 13.0. The van der Waals surface area contributed by atoms with Crippen molar-refractivity contribution in [1.29, 1.82) is 0 Å². The van der Waals surface area contributed by atoms with Crippen LogP contribution in [0.3, 0.4) is 0 Å². The number of rotatable bonds is 17. The first-order chi connectivity index (χ1) is 18.7. The maximum Gasteiger partial charge on any atom is 0.227 e. The van der Waals surface area contributed by atoms with Gasteiger partial charge in [-0.15, -0.1) is 0 Å². The number of hydrogen-bond acceptors (Lipinski definition) is 2. The molecule has 1 amide bonds. The first-order valence-corrected chi connectivity index (χ1v) is 15.5. The molecule has 0 saturated carbocycles. The number of fused-ring (bicyclic) bond motifs is 1. The van der Waals surface area contributed by atoms with Crippen molar-refractivity contribution in [1.82, 2.24) is 9.55 Å². The van der Waals surface area contributed by atoms with Crippen LogP contribution in [0.15, 0.2) is 48.5 Å². The molecule has 0 radical (unpaired) electrons. The van der Waals surface area contributed by atoms with Crippen molar-refractivity contribution in [3.05, 3.63) is 59.9 Å². The molecule has 1 saturated heterocycles. The average molecular weight is 516 g/mol. The molecule has 1 unspecified atom stereocenters. The second kappa shape index (κ2) is 15.1. The van der Waals surface area contributed by atoms with Crippen LogP contribution in [0, 0.1) is 6.92 Å². The van der Waals surface area contributed by atoms with E-state index >= 15 is 0 Å². The summed E-state index contributed by atoms with van der Waals surface area (Å²) >= 11 is 0. The van der Waals surface area contributed by atoms with E-state index in [2.05, 4.69) is 66.9 Å². The predicted octanol–water partition coefficient (Wildman–Crippen LogP) is 9.35. The number of carbonyl (C=O) groups excluding carboxylic acids is 1. The fraction of sp³-hybridized carbons (Fsp3) is 0.588. The van der Waals surface area contributed by atoms with Gasteiger partial charge in [-0.2, -0.15) is 0 Å². The van der Waals surface area contributed by atoms with Gasteiger partial charge in [0.2, 0.25) is 5.91 Å². The monoisotopic (exact) mass is 515 g/mol. The minimum absolute atomic E-state index is 0.142. The molecule has 2 aromatic carbocycles. The third kappa shape index (κ3) is 7.94. The molecular weight excluding hydrogens is 466 g/mol. The minimum Gasteiger partial charge on any atom is -0.328 e. The highest BCUT2D eigenvalue weighted by atomic mass is 16.2. The molecule has 38 heavy (non-hydrogen) atoms. The number of nitrogens with zero attached hydrogens (tertiary/aromatic N) is 3. The number of benzene rings is 2. The van der Waals surface area contributed by atoms with Gasteiger partial charge in [-0.1, -0.05) is 120 Å². The Morgan fingerprint density at radius 2 is 1.34 bits per heavy atom. The lowest BCUT2D eigenvalue weighted by atomic mass is 10.0. The van der Waals surface area contributed by atoms with Gasteiger partial charge in [-0.3, -0.25) is 4.79 Å². The molecular formula is C34H49N3O. The molecule has 2 heterocycles. The van der Waals surface area contributed by atoms with Gasteiger partial charge < -0.3 is 9.47 Å². The molecule has 1 aromatic heterocycles. The lowest BCUT2D eigenvalue weighted by Gasteiger charge is -2.17. The highest BCUT2D eigenvalue weighted by molar-refractivity contribution is 5.96. The molecule has 0 aliphatic carbocycles. The third-order valence-electron chi connectivity index (χ3n) is 8.26. The van der Waals surface area contributed by atoms with E-state index in [1.54, 1.807) is 0 Å². The van der Waals surface area contributed by atoms with E-state index in [1.165, 1.54) is 101 Å². The van der Waals surface area contributed by atoms with Gasteiger partial charge in [-0.05, 0) is 37.6 Å². The zero-order valence-electron chi connectivity index (χ0n) is 24.0. The Hall–Kier alpha value is -2.62. The molecule has 1 aliphatic heterocycles. The van der Waals surface area contributed by atoms with Gasteiger partial charge in [0.15, 0.2) is 0 Å². The Kier molecular flexibility index (Phi) is 11.3. The Morgan fingerprint density at radius 1 is 0.763 bits per heavy atom. The lowest BCUT2D eigenvalue weighted by molar-refractivity contribution is -0.117. The van der Waals surface area contributed by atoms with Crippen molar-refractivity contribution in [3.8, 4) is 0 Å². The Morgan fingerprint density at radius 3 is 1.97 bits per heavy atom. The zero-order valence-corrected chi connectivity index (χ0v) is 24.0. The number of amides is 1. The lowest BCUT2D eigenvalue weighted by Crippen LogP contribution is -2.24. The molecule has 4 rings (SSSR count). The van der Waals surface area contributed by atoms with Gasteiger partial charge >= 0.3 is 0 Å². The first-order valence-electron chi connectivity index (χ1n) is 15.5. The van der Waals surface area contributed by atoms with Crippen LogP contribution >= 0.6 is 0 Å². The Labute approximate surface area is 230 Å². The van der Waals surface area contributed by atoms with Crippen molar-refractivity contribution < 1.29 is 4.79 Å². The van der Waals surface area contributed by atoms with E-state index < -0.39 is 0 Å². The average Bonchev–Trinajstić information content (AvgIpc) is 3.49. The number of carbonyl (C=O) groups is 1. The summed E-state index contributed by atoms with van der Waals surface area (Å²) in [6.45, 7) is 6.07. The summed E-state index contributed by atoms with van der Waals surface area (Å²) in [5.74, 6) is 1.43. The van der Waals surface area contributed by atoms with Gasteiger partial charge in [0.05, 0.1) is 11.0 Å². The SMILES string of the molecule is CCCCCCCCCCCCCCCCn1c(C2CC(=O)N(c3ccc(C)cc3)C2)nc2ccccc21. The van der Waals surface area contributed by atoms with Crippen LogP contribution in [0.2, 0.25) is 0 Å². The maximum atomic E-state index is 13.0. The Bertz CT molecular complexity index is 1120. The number of anilines is 1. The number of aromatic nitrogens is 2. The first kappa shape index (κ1) is 28.4. The molecule has 0 N–H and O–H groups in total. The minimum atomic E-state index is 0.142. The number of imidazole rings is 1. The highest BCUT2D eigenvalue weighted by Crippen LogP contribution is 2.33. The highest BCUT2D eigenvalue weighted by Gasteiger charge is 2.34. The molecule has 4 heteroatoms. The summed E-state index contributed by atoms with van der Waals surface area (Å²) < 4.78 is 2.41. The van der Waals surface area contributed by atoms with Crippen LogP contribution in [0.25, 0.3) is 11.0 Å². The van der Waals surface area contributed by atoms with Gasteiger partial charge in [-0.25, -0.2) is 4.98 Å². The Balaban J connectivity index is 1.22. The van der Waals surface area contributed by atoms with Gasteiger partial charge in [0.1, 0.15) is 5.82 Å². The van der Waals surface area contributed by atoms with E-state index in [4.69, 9.17) is 4.98 Å². The van der Waals surface area contributed by atoms with E-state index in [-0.39, 0.29) is 11.8 Å². The normalized spacial score (nSPS) is 15.7. The van der Waals surface area contributed by atoms with E-state index in [9.17, 15) is 4.79 Å². The number of unbranched alkanes of at least 4 members (excludes halogenated alkanes) is 13. The molecule has 0 bridgehead atoms. The summed E-state index contributed by atoms with van der Waals surface area (Å²) in [5, 5.41) is 0. The predicted molar refractivity (Wildman–Crippen MR) is 161 cm³/mol. The number of aryl methyl sites for hydroxylation is 2. The fourth-order valence-electron chi connectivity index (χ4n) is 5.96. The van der Waals surface area contributed by atoms with Crippen LogP contribution < -0.4 is 4.90 Å². The third-order valence-corrected chi connectivity index (χ3v) is 8.26. The number of para-hydroxylation sites is 2. The van der Waals surface area contributed by atoms with Crippen molar-refractivity contribution in [2.75, 3.05) is 11.4 Å². The van der Waals surface area contributed by atoms with Crippen LogP contribution in [-0.4, -0.2) is 22.0 Å². The topological polar surface area (TPSA) is 38.1 Å². The van der Waals surface area contributed by atoms with E-state index in [0.717, 1.165) is 23.6 Å². The second-order valence-electron chi connectivity index (χ2n) is 11.4. The molecule has 0 spiro atoms. The van der Waals surface area contributed by atoms with Crippen LogP contribution in [0.1, 0.15) is 121 Å². The van der Waals surface area contributed by atoms with Crippen LogP contribution in [-0.2, 0) is 11.3 Å². The van der Waals surface area contributed by atoms with Crippen molar-refractivity contribution in [2.45, 2.75) is 123 Å². The summed E-state index contributed by atoms with van der Waals surface area (Å²) in [7, 11) is 0. The molecule has 206 valence electrons. The molecule has 1 atom stereocenters. The largest absolute Gasteiger partial charge is 0.328 e. The van der Waals surface area contributed by atoms with Crippen molar-refractivity contribution in [3.63, 3.8) is 0 Å². The fourth-order valence-corrected chi connectivity index (χ4v) is 5.96. The summed E-state index contributed by atoms with van der Waals surface area (Å²) in [4.78, 5) is 19.9.